The molecule has 0 unspecified atom stereocenters. The lowest BCUT2D eigenvalue weighted by Crippen LogP contribution is -2.06. The van der Waals surface area contributed by atoms with E-state index in [1.165, 1.54) is 11.8 Å². The Bertz CT molecular complexity index is 1110. The van der Waals surface area contributed by atoms with Crippen molar-refractivity contribution in [2.75, 3.05) is 12.9 Å². The van der Waals surface area contributed by atoms with Gasteiger partial charge >= 0.3 is 0 Å². The van der Waals surface area contributed by atoms with Crippen LogP contribution in [0.15, 0.2) is 90.1 Å². The third kappa shape index (κ3) is 4.60. The van der Waals surface area contributed by atoms with E-state index in [9.17, 15) is 4.79 Å². The minimum Gasteiger partial charge on any atom is -0.497 e. The van der Waals surface area contributed by atoms with Crippen molar-refractivity contribution in [2.24, 2.45) is 0 Å². The van der Waals surface area contributed by atoms with E-state index in [4.69, 9.17) is 4.74 Å². The smallest absolute Gasteiger partial charge is 0.196 e. The second-order valence-electron chi connectivity index (χ2n) is 6.67. The average molecular weight is 416 g/mol. The molecular weight excluding hydrogens is 394 g/mol. The van der Waals surface area contributed by atoms with Crippen molar-refractivity contribution < 1.29 is 9.53 Å². The molecule has 0 radical (unpaired) electrons. The molecule has 0 aliphatic heterocycles. The molecule has 0 fully saturated rings. The Balaban J connectivity index is 1.63. The van der Waals surface area contributed by atoms with Crippen LogP contribution in [0.3, 0.4) is 0 Å². The first-order chi connectivity index (χ1) is 14.7. The first kappa shape index (κ1) is 19.9. The van der Waals surface area contributed by atoms with E-state index < -0.39 is 0 Å². The van der Waals surface area contributed by atoms with Crippen molar-refractivity contribution in [3.63, 3.8) is 0 Å². The minimum atomic E-state index is 0.0643. The normalized spacial score (nSPS) is 10.7. The number of ketones is 1. The zero-order chi connectivity index (χ0) is 20.8. The molecule has 0 atom stereocenters. The lowest BCUT2D eigenvalue weighted by atomic mass is 10.1. The fraction of sp³-hybridized carbons (Fsp3) is 0.125. The summed E-state index contributed by atoms with van der Waals surface area (Å²) < 4.78 is 7.29. The van der Waals surface area contributed by atoms with E-state index in [0.717, 1.165) is 22.8 Å². The molecule has 0 bridgehead atoms. The van der Waals surface area contributed by atoms with Crippen molar-refractivity contribution in [1.82, 2.24) is 14.8 Å². The summed E-state index contributed by atoms with van der Waals surface area (Å²) in [6.45, 7) is 0. The van der Waals surface area contributed by atoms with Gasteiger partial charge in [0.2, 0.25) is 0 Å². The summed E-state index contributed by atoms with van der Waals surface area (Å²) in [5.74, 6) is 1.96. The van der Waals surface area contributed by atoms with E-state index in [0.29, 0.717) is 22.9 Å². The summed E-state index contributed by atoms with van der Waals surface area (Å²) in [5.41, 5.74) is 2.78. The van der Waals surface area contributed by atoms with Gasteiger partial charge in [0.15, 0.2) is 10.9 Å². The predicted octanol–water partition coefficient (Wildman–Crippen LogP) is 4.84. The lowest BCUT2D eigenvalue weighted by Gasteiger charge is -2.11. The summed E-state index contributed by atoms with van der Waals surface area (Å²) in [5, 5.41) is 9.51. The highest BCUT2D eigenvalue weighted by atomic mass is 32.2. The topological polar surface area (TPSA) is 57.0 Å². The molecule has 6 heteroatoms. The molecule has 0 amide bonds. The van der Waals surface area contributed by atoms with Crippen LogP contribution in [-0.2, 0) is 6.42 Å². The van der Waals surface area contributed by atoms with Gasteiger partial charge in [-0.1, -0.05) is 72.4 Å². The Morgan fingerprint density at radius 3 is 2.23 bits per heavy atom. The summed E-state index contributed by atoms with van der Waals surface area (Å²) in [4.78, 5) is 12.6. The van der Waals surface area contributed by atoms with Gasteiger partial charge in [-0.25, -0.2) is 0 Å². The molecule has 0 saturated heterocycles. The highest BCUT2D eigenvalue weighted by Gasteiger charge is 2.17. The van der Waals surface area contributed by atoms with Gasteiger partial charge in [-0.05, 0) is 29.8 Å². The lowest BCUT2D eigenvalue weighted by molar-refractivity contribution is 0.102. The van der Waals surface area contributed by atoms with Crippen molar-refractivity contribution in [1.29, 1.82) is 0 Å². The maximum atomic E-state index is 12.6. The molecule has 4 rings (SSSR count). The fourth-order valence-corrected chi connectivity index (χ4v) is 3.98. The van der Waals surface area contributed by atoms with Crippen LogP contribution in [0.5, 0.6) is 5.75 Å². The van der Waals surface area contributed by atoms with Crippen LogP contribution in [0, 0.1) is 0 Å². The van der Waals surface area contributed by atoms with Gasteiger partial charge in [-0.2, -0.15) is 0 Å². The maximum absolute atomic E-state index is 12.6. The van der Waals surface area contributed by atoms with Gasteiger partial charge in [0, 0.05) is 17.7 Å². The van der Waals surface area contributed by atoms with Gasteiger partial charge < -0.3 is 4.74 Å². The van der Waals surface area contributed by atoms with Crippen LogP contribution in [-0.4, -0.2) is 33.4 Å². The summed E-state index contributed by atoms with van der Waals surface area (Å²) in [6, 6.07) is 27.2. The van der Waals surface area contributed by atoms with Gasteiger partial charge in [-0.15, -0.1) is 10.2 Å². The quantitative estimate of drug-likeness (QED) is 0.304. The van der Waals surface area contributed by atoms with E-state index in [1.54, 1.807) is 7.11 Å². The Kier molecular flexibility index (Phi) is 6.25. The molecule has 5 nitrogen and oxygen atoms in total. The third-order valence-corrected chi connectivity index (χ3v) is 5.59. The molecule has 4 aromatic rings. The second kappa shape index (κ2) is 9.41. The zero-order valence-electron chi connectivity index (χ0n) is 16.6. The third-order valence-electron chi connectivity index (χ3n) is 4.66. The molecule has 0 aliphatic carbocycles. The fourth-order valence-electron chi connectivity index (χ4n) is 3.11. The van der Waals surface area contributed by atoms with Gasteiger partial charge in [0.1, 0.15) is 11.6 Å². The van der Waals surface area contributed by atoms with E-state index >= 15 is 0 Å². The zero-order valence-corrected chi connectivity index (χ0v) is 17.4. The van der Waals surface area contributed by atoms with Crippen LogP contribution in [0.25, 0.3) is 5.69 Å². The van der Waals surface area contributed by atoms with Gasteiger partial charge in [-0.3, -0.25) is 9.36 Å². The standard InChI is InChI=1S/C24H21N3O2S/c1-29-21-14-12-20(13-15-21)27-23(16-18-8-4-2-5-9-18)25-26-24(27)30-17-22(28)19-10-6-3-7-11-19/h2-15H,16-17H2,1H3. The molecule has 30 heavy (non-hydrogen) atoms. The molecule has 150 valence electrons. The number of nitrogens with zero attached hydrogens (tertiary/aromatic N) is 3. The van der Waals surface area contributed by atoms with E-state index in [1.807, 2.05) is 77.4 Å². The highest BCUT2D eigenvalue weighted by molar-refractivity contribution is 7.99. The molecule has 1 heterocycles. The Labute approximate surface area is 179 Å². The van der Waals surface area contributed by atoms with Crippen molar-refractivity contribution >= 4 is 17.5 Å². The van der Waals surface area contributed by atoms with Crippen LogP contribution in [0.4, 0.5) is 0 Å². The van der Waals surface area contributed by atoms with Crippen molar-refractivity contribution in [3.05, 3.63) is 102 Å². The van der Waals surface area contributed by atoms with Crippen molar-refractivity contribution in [3.8, 4) is 11.4 Å². The number of methoxy groups -OCH3 is 1. The summed E-state index contributed by atoms with van der Waals surface area (Å²) in [7, 11) is 1.64. The average Bonchev–Trinajstić information content (AvgIpc) is 3.21. The Hall–Kier alpha value is -3.38. The first-order valence-electron chi connectivity index (χ1n) is 9.58. The van der Waals surface area contributed by atoms with Crippen LogP contribution < -0.4 is 4.74 Å². The molecule has 1 aromatic heterocycles. The number of benzene rings is 3. The van der Waals surface area contributed by atoms with Gasteiger partial charge in [0.05, 0.1) is 12.9 Å². The SMILES string of the molecule is COc1ccc(-n2c(Cc3ccccc3)nnc2SCC(=O)c2ccccc2)cc1. The number of hydrogen-bond acceptors (Lipinski definition) is 5. The molecule has 0 spiro atoms. The number of ether oxygens (including phenoxy) is 1. The Morgan fingerprint density at radius 1 is 0.900 bits per heavy atom. The molecular formula is C24H21N3O2S. The minimum absolute atomic E-state index is 0.0643. The van der Waals surface area contributed by atoms with E-state index in [-0.39, 0.29) is 5.78 Å². The number of thioether (sulfide) groups is 1. The Morgan fingerprint density at radius 2 is 1.57 bits per heavy atom. The molecule has 3 aromatic carbocycles. The summed E-state index contributed by atoms with van der Waals surface area (Å²) >= 11 is 1.39. The number of carbonyl (C=O) groups is 1. The largest absolute Gasteiger partial charge is 0.497 e. The predicted molar refractivity (Wildman–Crippen MR) is 119 cm³/mol. The number of carbonyl (C=O) groups excluding carboxylic acids is 1. The first-order valence-corrected chi connectivity index (χ1v) is 10.6. The van der Waals surface area contributed by atoms with Crippen LogP contribution in [0.2, 0.25) is 0 Å². The van der Waals surface area contributed by atoms with E-state index in [2.05, 4.69) is 22.3 Å². The number of aromatic nitrogens is 3. The molecule has 0 N–H and O–H groups in total. The molecule has 0 saturated carbocycles. The highest BCUT2D eigenvalue weighted by Crippen LogP contribution is 2.25. The maximum Gasteiger partial charge on any atom is 0.196 e. The van der Waals surface area contributed by atoms with Crippen LogP contribution >= 0.6 is 11.8 Å². The summed E-state index contributed by atoms with van der Waals surface area (Å²) in [6.07, 6.45) is 0.646. The number of rotatable bonds is 8. The van der Waals surface area contributed by atoms with Gasteiger partial charge in [0.25, 0.3) is 0 Å². The monoisotopic (exact) mass is 415 g/mol. The molecule has 0 aliphatic rings. The second-order valence-corrected chi connectivity index (χ2v) is 7.61. The van der Waals surface area contributed by atoms with Crippen molar-refractivity contribution in [2.45, 2.75) is 11.6 Å². The number of hydrogen-bond donors (Lipinski definition) is 0. The number of Topliss-reactive ketones (excluding diaryl/α,β-unsaturated/α-hetero) is 1. The van der Waals surface area contributed by atoms with Crippen LogP contribution in [0.1, 0.15) is 21.7 Å².